The van der Waals surface area contributed by atoms with Gasteiger partial charge in [-0.05, 0) is 49.4 Å². The smallest absolute Gasteiger partial charge is 0.260 e. The summed E-state index contributed by atoms with van der Waals surface area (Å²) < 4.78 is 13.3. The highest BCUT2D eigenvalue weighted by atomic mass is 16.5. The lowest BCUT2D eigenvalue weighted by Gasteiger charge is -2.26. The zero-order valence-corrected chi connectivity index (χ0v) is 18.5. The van der Waals surface area contributed by atoms with Gasteiger partial charge >= 0.3 is 0 Å². The first-order chi connectivity index (χ1) is 16.1. The summed E-state index contributed by atoms with van der Waals surface area (Å²) in [4.78, 5) is 33.7. The predicted molar refractivity (Wildman–Crippen MR) is 125 cm³/mol. The second-order valence-electron chi connectivity index (χ2n) is 8.26. The number of nitrogens with one attached hydrogen (secondary N) is 1. The van der Waals surface area contributed by atoms with Crippen molar-refractivity contribution >= 4 is 33.6 Å². The van der Waals surface area contributed by atoms with Crippen LogP contribution in [0.3, 0.4) is 0 Å². The van der Waals surface area contributed by atoms with Crippen LogP contribution in [0.1, 0.15) is 13.3 Å². The average Bonchev–Trinajstić information content (AvgIpc) is 3.42. The fourth-order valence-corrected chi connectivity index (χ4v) is 4.22. The summed E-state index contributed by atoms with van der Waals surface area (Å²) in [6.07, 6.45) is 2.21. The van der Waals surface area contributed by atoms with Gasteiger partial charge in [-0.25, -0.2) is 4.98 Å². The summed E-state index contributed by atoms with van der Waals surface area (Å²) >= 11 is 0. The number of ether oxygens (including phenoxy) is 2. The molecule has 1 fully saturated rings. The normalized spacial score (nSPS) is 14.2. The Bertz CT molecular complexity index is 1280. The summed E-state index contributed by atoms with van der Waals surface area (Å²) in [6, 6.07) is 13.9. The zero-order valence-electron chi connectivity index (χ0n) is 18.5. The summed E-state index contributed by atoms with van der Waals surface area (Å²) in [6.45, 7) is 4.51. The second kappa shape index (κ2) is 9.07. The molecule has 0 unspecified atom stereocenters. The van der Waals surface area contributed by atoms with Crippen molar-refractivity contribution in [1.82, 2.24) is 19.4 Å². The van der Waals surface area contributed by atoms with E-state index < -0.39 is 0 Å². The van der Waals surface area contributed by atoms with Gasteiger partial charge in [0.1, 0.15) is 17.2 Å². The average molecular weight is 447 g/mol. The molecule has 1 aliphatic rings. The van der Waals surface area contributed by atoms with Crippen LogP contribution >= 0.6 is 0 Å². The lowest BCUT2D eigenvalue weighted by Crippen LogP contribution is -2.42. The molecule has 0 saturated carbocycles. The van der Waals surface area contributed by atoms with Crippen LogP contribution in [0, 0.1) is 0 Å². The molecular weight excluding hydrogens is 420 g/mol. The van der Waals surface area contributed by atoms with E-state index in [1.54, 1.807) is 18.0 Å². The number of fused-ring (bicyclic) bond motifs is 2. The van der Waals surface area contributed by atoms with E-state index in [-0.39, 0.29) is 18.3 Å². The first-order valence-electron chi connectivity index (χ1n) is 11.1. The topological polar surface area (TPSA) is 89.4 Å². The lowest BCUT2D eigenvalue weighted by molar-refractivity contribution is -0.137. The number of carbonyl (C=O) groups is 2. The maximum absolute atomic E-state index is 12.4. The molecule has 33 heavy (non-hydrogen) atoms. The number of aromatic nitrogens is 3. The van der Waals surface area contributed by atoms with Crippen molar-refractivity contribution in [3.05, 3.63) is 48.7 Å². The molecule has 1 N–H and O–H groups in total. The Labute approximate surface area is 191 Å². The van der Waals surface area contributed by atoms with Crippen molar-refractivity contribution in [2.24, 2.45) is 0 Å². The Kier molecular flexibility index (Phi) is 5.83. The number of ketones is 1. The van der Waals surface area contributed by atoms with Crippen molar-refractivity contribution in [2.45, 2.75) is 19.9 Å². The third-order valence-corrected chi connectivity index (χ3v) is 5.95. The molecule has 1 saturated heterocycles. The Morgan fingerprint density at radius 1 is 1.12 bits per heavy atom. The molecular formula is C25H26N4O4. The van der Waals surface area contributed by atoms with Gasteiger partial charge in [-0.2, -0.15) is 0 Å². The van der Waals surface area contributed by atoms with Crippen LogP contribution in [0.2, 0.25) is 0 Å². The number of benzene rings is 1. The molecule has 0 spiro atoms. The van der Waals surface area contributed by atoms with Crippen molar-refractivity contribution in [2.75, 3.05) is 32.9 Å². The molecule has 0 aliphatic carbocycles. The van der Waals surface area contributed by atoms with E-state index in [0.717, 1.165) is 33.3 Å². The number of aromatic amines is 1. The zero-order chi connectivity index (χ0) is 22.8. The van der Waals surface area contributed by atoms with Crippen molar-refractivity contribution in [1.29, 1.82) is 0 Å². The van der Waals surface area contributed by atoms with Gasteiger partial charge in [-0.3, -0.25) is 9.59 Å². The monoisotopic (exact) mass is 446 g/mol. The molecule has 8 heteroatoms. The number of Topliss-reactive ketones (excluding diaryl/α,β-unsaturated/α-hetero) is 1. The highest BCUT2D eigenvalue weighted by Crippen LogP contribution is 2.32. The Morgan fingerprint density at radius 2 is 1.97 bits per heavy atom. The van der Waals surface area contributed by atoms with Gasteiger partial charge in [0.15, 0.2) is 6.61 Å². The Hall–Kier alpha value is -3.65. The van der Waals surface area contributed by atoms with Crippen molar-refractivity contribution in [3.8, 4) is 17.1 Å². The molecule has 1 aromatic carbocycles. The molecule has 8 nitrogen and oxygen atoms in total. The van der Waals surface area contributed by atoms with Crippen LogP contribution in [-0.2, 0) is 20.9 Å². The molecule has 4 aromatic rings. The quantitative estimate of drug-likeness (QED) is 0.470. The number of hydrogen-bond acceptors (Lipinski definition) is 5. The number of carbonyl (C=O) groups excluding carboxylic acids is 2. The van der Waals surface area contributed by atoms with Gasteiger partial charge in [-0.1, -0.05) is 0 Å². The van der Waals surface area contributed by atoms with Gasteiger partial charge in [-0.15, -0.1) is 0 Å². The minimum Gasteiger partial charge on any atom is -0.484 e. The van der Waals surface area contributed by atoms with E-state index in [1.165, 1.54) is 0 Å². The van der Waals surface area contributed by atoms with E-state index in [4.69, 9.17) is 9.47 Å². The number of aryl methyl sites for hydroxylation is 1. The summed E-state index contributed by atoms with van der Waals surface area (Å²) in [5.41, 5.74) is 3.74. The maximum Gasteiger partial charge on any atom is 0.260 e. The molecule has 0 radical (unpaired) electrons. The Balaban J connectivity index is 1.44. The van der Waals surface area contributed by atoms with Crippen LogP contribution in [0.5, 0.6) is 5.75 Å². The van der Waals surface area contributed by atoms with E-state index >= 15 is 0 Å². The number of morpholine rings is 1. The van der Waals surface area contributed by atoms with Crippen molar-refractivity contribution in [3.63, 3.8) is 0 Å². The van der Waals surface area contributed by atoms with Gasteiger partial charge in [0.2, 0.25) is 0 Å². The van der Waals surface area contributed by atoms with Crippen LogP contribution in [0.4, 0.5) is 0 Å². The number of nitrogens with zero attached hydrogens (tertiary/aromatic N) is 3. The minimum absolute atomic E-state index is 0.00288. The highest BCUT2D eigenvalue weighted by Gasteiger charge is 2.18. The van der Waals surface area contributed by atoms with E-state index in [1.807, 2.05) is 30.3 Å². The number of hydrogen-bond donors (Lipinski definition) is 1. The largest absolute Gasteiger partial charge is 0.484 e. The van der Waals surface area contributed by atoms with Crippen LogP contribution in [0.25, 0.3) is 33.3 Å². The first-order valence-corrected chi connectivity index (χ1v) is 11.1. The molecule has 4 heterocycles. The van der Waals surface area contributed by atoms with E-state index in [0.29, 0.717) is 45.0 Å². The Morgan fingerprint density at radius 3 is 2.76 bits per heavy atom. The molecule has 170 valence electrons. The summed E-state index contributed by atoms with van der Waals surface area (Å²) in [7, 11) is 0. The van der Waals surface area contributed by atoms with Crippen LogP contribution in [-0.4, -0.2) is 64.0 Å². The molecule has 0 bridgehead atoms. The molecule has 0 atom stereocenters. The second-order valence-corrected chi connectivity index (χ2v) is 8.26. The highest BCUT2D eigenvalue weighted by molar-refractivity contribution is 5.90. The van der Waals surface area contributed by atoms with Gasteiger partial charge < -0.3 is 23.9 Å². The third kappa shape index (κ3) is 4.47. The van der Waals surface area contributed by atoms with Crippen molar-refractivity contribution < 1.29 is 19.1 Å². The molecule has 1 amide bonds. The summed E-state index contributed by atoms with van der Waals surface area (Å²) in [5, 5.41) is 2.01. The molecule has 5 rings (SSSR count). The third-order valence-electron chi connectivity index (χ3n) is 5.95. The number of H-pyrrole nitrogens is 1. The minimum atomic E-state index is -0.0383. The fraction of sp³-hybridized carbons (Fsp3) is 0.320. The lowest BCUT2D eigenvalue weighted by atomic mass is 10.2. The number of pyridine rings is 1. The van der Waals surface area contributed by atoms with E-state index in [9.17, 15) is 9.59 Å². The first kappa shape index (κ1) is 21.2. The number of amides is 1. The standard InChI is InChI=1S/C25H26N4O4/c1-17(30)6-8-29-22-5-4-20(33-16-24(31)28-9-11-32-12-10-28)13-19(22)15-23(29)21-14-18-3-2-7-26-25(18)27-21/h2-5,7,13-15H,6,8-12,16H2,1H3,(H,26,27). The van der Waals surface area contributed by atoms with Crippen LogP contribution in [0.15, 0.2) is 48.7 Å². The molecule has 1 aliphatic heterocycles. The van der Waals surface area contributed by atoms with E-state index in [2.05, 4.69) is 26.7 Å². The van der Waals surface area contributed by atoms with Gasteiger partial charge in [0.05, 0.1) is 24.6 Å². The predicted octanol–water partition coefficient (Wildman–Crippen LogP) is 3.40. The SMILES string of the molecule is CC(=O)CCn1c(-c2cc3cccnc3[nH]2)cc2cc(OCC(=O)N3CCOCC3)ccc21. The van der Waals surface area contributed by atoms with Crippen LogP contribution < -0.4 is 4.74 Å². The summed E-state index contributed by atoms with van der Waals surface area (Å²) in [5.74, 6) is 0.740. The maximum atomic E-state index is 12.4. The fourth-order valence-electron chi connectivity index (χ4n) is 4.22. The molecule has 3 aromatic heterocycles. The number of rotatable bonds is 7. The van der Waals surface area contributed by atoms with Gasteiger partial charge in [0.25, 0.3) is 5.91 Å². The van der Waals surface area contributed by atoms with Gasteiger partial charge in [0, 0.05) is 48.5 Å².